The van der Waals surface area contributed by atoms with Crippen LogP contribution in [-0.2, 0) is 13.5 Å². The SMILES string of the molecule is CNCC1(CCc2cnn(C)c2)CCC1. The Balaban J connectivity index is 1.86. The number of rotatable bonds is 5. The van der Waals surface area contributed by atoms with Crippen LogP contribution in [0.25, 0.3) is 0 Å². The van der Waals surface area contributed by atoms with Gasteiger partial charge in [0.1, 0.15) is 0 Å². The van der Waals surface area contributed by atoms with Crippen LogP contribution in [0, 0.1) is 5.41 Å². The fourth-order valence-electron chi connectivity index (χ4n) is 2.58. The first-order valence-corrected chi connectivity index (χ1v) is 5.86. The van der Waals surface area contributed by atoms with Crippen molar-refractivity contribution in [3.63, 3.8) is 0 Å². The van der Waals surface area contributed by atoms with Crippen molar-refractivity contribution in [1.82, 2.24) is 15.1 Å². The molecule has 84 valence electrons. The standard InChI is InChI=1S/C12H21N3/c1-13-10-12(5-3-6-12)7-4-11-8-14-15(2)9-11/h8-9,13H,3-7,10H2,1-2H3. The van der Waals surface area contributed by atoms with Crippen molar-refractivity contribution < 1.29 is 0 Å². The van der Waals surface area contributed by atoms with Crippen molar-refractivity contribution in [3.8, 4) is 0 Å². The van der Waals surface area contributed by atoms with Crippen molar-refractivity contribution in [2.45, 2.75) is 32.1 Å². The van der Waals surface area contributed by atoms with Crippen molar-refractivity contribution in [1.29, 1.82) is 0 Å². The summed E-state index contributed by atoms with van der Waals surface area (Å²) in [6.45, 7) is 1.17. The van der Waals surface area contributed by atoms with Gasteiger partial charge in [0.2, 0.25) is 0 Å². The minimum absolute atomic E-state index is 0.588. The third-order valence-corrected chi connectivity index (χ3v) is 3.67. The van der Waals surface area contributed by atoms with Gasteiger partial charge in [0, 0.05) is 19.8 Å². The fraction of sp³-hybridized carbons (Fsp3) is 0.750. The fourth-order valence-corrected chi connectivity index (χ4v) is 2.58. The van der Waals surface area contributed by atoms with E-state index in [-0.39, 0.29) is 0 Å². The Bertz CT molecular complexity index is 312. The molecule has 3 heteroatoms. The lowest BCUT2D eigenvalue weighted by Gasteiger charge is -2.42. The molecule has 1 heterocycles. The van der Waals surface area contributed by atoms with Gasteiger partial charge in [-0.3, -0.25) is 4.68 Å². The van der Waals surface area contributed by atoms with Gasteiger partial charge in [0.25, 0.3) is 0 Å². The quantitative estimate of drug-likeness (QED) is 0.797. The highest BCUT2D eigenvalue weighted by Crippen LogP contribution is 2.44. The van der Waals surface area contributed by atoms with Gasteiger partial charge in [0.15, 0.2) is 0 Å². The molecule has 0 aliphatic heterocycles. The van der Waals surface area contributed by atoms with Crippen LogP contribution in [0.4, 0.5) is 0 Å². The topological polar surface area (TPSA) is 29.9 Å². The smallest absolute Gasteiger partial charge is 0.0521 e. The summed E-state index contributed by atoms with van der Waals surface area (Å²) in [5.41, 5.74) is 1.96. The van der Waals surface area contributed by atoms with Crippen LogP contribution in [0.2, 0.25) is 0 Å². The maximum atomic E-state index is 4.21. The van der Waals surface area contributed by atoms with Crippen LogP contribution < -0.4 is 5.32 Å². The maximum Gasteiger partial charge on any atom is 0.0521 e. The molecule has 0 radical (unpaired) electrons. The summed E-state index contributed by atoms with van der Waals surface area (Å²) in [6.07, 6.45) is 10.8. The third kappa shape index (κ3) is 2.40. The molecule has 1 aromatic rings. The van der Waals surface area contributed by atoms with Gasteiger partial charge in [0.05, 0.1) is 6.20 Å². The summed E-state index contributed by atoms with van der Waals surface area (Å²) in [4.78, 5) is 0. The Morgan fingerprint density at radius 2 is 2.33 bits per heavy atom. The van der Waals surface area contributed by atoms with Crippen molar-refractivity contribution in [2.24, 2.45) is 12.5 Å². The van der Waals surface area contributed by atoms with Gasteiger partial charge in [-0.2, -0.15) is 5.10 Å². The molecular weight excluding hydrogens is 186 g/mol. The predicted octanol–water partition coefficient (Wildman–Crippen LogP) is 1.74. The monoisotopic (exact) mass is 207 g/mol. The molecule has 2 rings (SSSR count). The van der Waals surface area contributed by atoms with E-state index in [0.29, 0.717) is 5.41 Å². The number of aryl methyl sites for hydroxylation is 2. The second kappa shape index (κ2) is 4.35. The molecule has 1 fully saturated rings. The van der Waals surface area contributed by atoms with Gasteiger partial charge >= 0.3 is 0 Å². The highest BCUT2D eigenvalue weighted by molar-refractivity contribution is 5.05. The van der Waals surface area contributed by atoms with E-state index in [0.717, 1.165) is 0 Å². The van der Waals surface area contributed by atoms with E-state index < -0.39 is 0 Å². The van der Waals surface area contributed by atoms with Crippen LogP contribution in [0.3, 0.4) is 0 Å². The summed E-state index contributed by atoms with van der Waals surface area (Å²) < 4.78 is 1.89. The molecule has 3 nitrogen and oxygen atoms in total. The van der Waals surface area contributed by atoms with E-state index in [4.69, 9.17) is 0 Å². The number of nitrogens with one attached hydrogen (secondary N) is 1. The zero-order valence-electron chi connectivity index (χ0n) is 9.79. The zero-order chi connectivity index (χ0) is 10.7. The number of aromatic nitrogens is 2. The molecule has 0 amide bonds. The molecule has 0 spiro atoms. The lowest BCUT2D eigenvalue weighted by atomic mass is 9.66. The first kappa shape index (κ1) is 10.7. The van der Waals surface area contributed by atoms with Crippen LogP contribution in [0.15, 0.2) is 12.4 Å². The second-order valence-electron chi connectivity index (χ2n) is 4.91. The van der Waals surface area contributed by atoms with Crippen LogP contribution in [-0.4, -0.2) is 23.4 Å². The molecular formula is C12H21N3. The normalized spacial score (nSPS) is 18.8. The molecule has 1 aromatic heterocycles. The minimum Gasteiger partial charge on any atom is -0.319 e. The molecule has 0 aromatic carbocycles. The van der Waals surface area contributed by atoms with Crippen molar-refractivity contribution >= 4 is 0 Å². The molecule has 1 N–H and O–H groups in total. The Hall–Kier alpha value is -0.830. The predicted molar refractivity (Wildman–Crippen MR) is 61.7 cm³/mol. The Morgan fingerprint density at radius 1 is 1.53 bits per heavy atom. The maximum absolute atomic E-state index is 4.21. The molecule has 0 bridgehead atoms. The second-order valence-corrected chi connectivity index (χ2v) is 4.91. The zero-order valence-corrected chi connectivity index (χ0v) is 9.79. The molecule has 0 atom stereocenters. The molecule has 15 heavy (non-hydrogen) atoms. The summed E-state index contributed by atoms with van der Waals surface area (Å²) in [6, 6.07) is 0. The van der Waals surface area contributed by atoms with Gasteiger partial charge in [-0.05, 0) is 43.7 Å². The van der Waals surface area contributed by atoms with E-state index >= 15 is 0 Å². The van der Waals surface area contributed by atoms with Gasteiger partial charge < -0.3 is 5.32 Å². The largest absolute Gasteiger partial charge is 0.319 e. The summed E-state index contributed by atoms with van der Waals surface area (Å²) in [5.74, 6) is 0. The number of hydrogen-bond acceptors (Lipinski definition) is 2. The molecule has 1 aliphatic rings. The Labute approximate surface area is 91.9 Å². The molecule has 1 saturated carbocycles. The number of hydrogen-bond donors (Lipinski definition) is 1. The Kier molecular flexibility index (Phi) is 3.10. The minimum atomic E-state index is 0.588. The molecule has 0 saturated heterocycles. The van der Waals surface area contributed by atoms with E-state index in [9.17, 15) is 0 Å². The summed E-state index contributed by atoms with van der Waals surface area (Å²) >= 11 is 0. The highest BCUT2D eigenvalue weighted by atomic mass is 15.2. The van der Waals surface area contributed by atoms with Crippen LogP contribution in [0.5, 0.6) is 0 Å². The van der Waals surface area contributed by atoms with E-state index in [2.05, 4.69) is 23.7 Å². The van der Waals surface area contributed by atoms with Gasteiger partial charge in [-0.1, -0.05) is 6.42 Å². The highest BCUT2D eigenvalue weighted by Gasteiger charge is 2.35. The van der Waals surface area contributed by atoms with Gasteiger partial charge in [-0.15, -0.1) is 0 Å². The summed E-state index contributed by atoms with van der Waals surface area (Å²) in [7, 11) is 4.04. The lowest BCUT2D eigenvalue weighted by molar-refractivity contribution is 0.120. The first-order valence-electron chi connectivity index (χ1n) is 5.86. The van der Waals surface area contributed by atoms with Crippen LogP contribution >= 0.6 is 0 Å². The summed E-state index contributed by atoms with van der Waals surface area (Å²) in [5, 5.41) is 7.54. The molecule has 1 aliphatic carbocycles. The lowest BCUT2D eigenvalue weighted by Crippen LogP contribution is -2.39. The third-order valence-electron chi connectivity index (χ3n) is 3.67. The molecule has 0 unspecified atom stereocenters. The van der Waals surface area contributed by atoms with Crippen molar-refractivity contribution in [3.05, 3.63) is 18.0 Å². The van der Waals surface area contributed by atoms with Crippen LogP contribution in [0.1, 0.15) is 31.2 Å². The Morgan fingerprint density at radius 3 is 2.80 bits per heavy atom. The average molecular weight is 207 g/mol. The van der Waals surface area contributed by atoms with E-state index in [1.54, 1.807) is 0 Å². The van der Waals surface area contributed by atoms with Crippen molar-refractivity contribution in [2.75, 3.05) is 13.6 Å². The van der Waals surface area contributed by atoms with E-state index in [1.165, 1.54) is 44.2 Å². The van der Waals surface area contributed by atoms with E-state index in [1.807, 2.05) is 17.9 Å². The van der Waals surface area contributed by atoms with Gasteiger partial charge in [-0.25, -0.2) is 0 Å². The number of nitrogens with zero attached hydrogens (tertiary/aromatic N) is 2. The first-order chi connectivity index (χ1) is 7.24. The average Bonchev–Trinajstić information content (AvgIpc) is 2.56.